The lowest BCUT2D eigenvalue weighted by Gasteiger charge is -2.21. The van der Waals surface area contributed by atoms with Gasteiger partial charge in [0.2, 0.25) is 0 Å². The number of benzene rings is 1. The fourth-order valence-electron chi connectivity index (χ4n) is 3.01. The van der Waals surface area contributed by atoms with Crippen LogP contribution >= 0.6 is 11.6 Å². The highest BCUT2D eigenvalue weighted by Gasteiger charge is 2.13. The van der Waals surface area contributed by atoms with Gasteiger partial charge in [0, 0.05) is 6.08 Å². The molecule has 0 aromatic heterocycles. The van der Waals surface area contributed by atoms with Crippen LogP contribution in [0.4, 0.5) is 9.18 Å². The van der Waals surface area contributed by atoms with E-state index in [9.17, 15) is 14.0 Å². The van der Waals surface area contributed by atoms with Crippen molar-refractivity contribution in [3.63, 3.8) is 0 Å². The van der Waals surface area contributed by atoms with Crippen molar-refractivity contribution in [3.05, 3.63) is 40.7 Å². The van der Waals surface area contributed by atoms with E-state index >= 15 is 0 Å². The van der Waals surface area contributed by atoms with Crippen LogP contribution in [0, 0.1) is 11.7 Å². The van der Waals surface area contributed by atoms with Crippen molar-refractivity contribution in [2.45, 2.75) is 44.9 Å². The highest BCUT2D eigenvalue weighted by atomic mass is 35.5. The first-order chi connectivity index (χ1) is 12.5. The van der Waals surface area contributed by atoms with E-state index in [1.54, 1.807) is 0 Å². The number of rotatable bonds is 6. The summed E-state index contributed by atoms with van der Waals surface area (Å²) in [4.78, 5) is 23.2. The first kappa shape index (κ1) is 20.2. The minimum absolute atomic E-state index is 0.194. The van der Waals surface area contributed by atoms with Gasteiger partial charge in [-0.1, -0.05) is 49.8 Å². The normalized spacial score (nSPS) is 15.0. The molecule has 0 unspecified atom stereocenters. The summed E-state index contributed by atoms with van der Waals surface area (Å²) in [6, 6.07) is 3.85. The Morgan fingerprint density at radius 3 is 2.73 bits per heavy atom. The summed E-state index contributed by atoms with van der Waals surface area (Å²) < 4.78 is 18.0. The van der Waals surface area contributed by atoms with E-state index in [1.165, 1.54) is 56.4 Å². The monoisotopic (exact) mass is 382 g/mol. The van der Waals surface area contributed by atoms with Crippen LogP contribution in [-0.4, -0.2) is 18.6 Å². The minimum Gasteiger partial charge on any atom is -0.448 e. The van der Waals surface area contributed by atoms with Gasteiger partial charge in [-0.15, -0.1) is 0 Å². The third kappa shape index (κ3) is 7.44. The Balaban J connectivity index is 1.60. The predicted octanol–water partition coefficient (Wildman–Crippen LogP) is 4.61. The maximum absolute atomic E-state index is 12.9. The van der Waals surface area contributed by atoms with Gasteiger partial charge >= 0.3 is 6.09 Å². The van der Waals surface area contributed by atoms with Crippen molar-refractivity contribution in [2.24, 2.45) is 5.92 Å². The molecule has 7 heteroatoms. The fraction of sp³-hybridized carbons (Fsp3) is 0.474. The lowest BCUT2D eigenvalue weighted by atomic mass is 9.86. The van der Waals surface area contributed by atoms with E-state index in [2.05, 4.69) is 10.9 Å². The second-order valence-electron chi connectivity index (χ2n) is 6.40. The maximum atomic E-state index is 12.9. The van der Waals surface area contributed by atoms with E-state index in [0.717, 1.165) is 24.8 Å². The Morgan fingerprint density at radius 2 is 2.00 bits per heavy atom. The molecule has 0 radical (unpaired) electrons. The molecule has 1 aromatic rings. The van der Waals surface area contributed by atoms with Gasteiger partial charge in [-0.05, 0) is 42.5 Å². The third-order valence-electron chi connectivity index (χ3n) is 4.38. The molecule has 5 nitrogen and oxygen atoms in total. The van der Waals surface area contributed by atoms with E-state index < -0.39 is 17.8 Å². The standard InChI is InChI=1S/C19H24ClFN2O3/c20-17-13-16(21)10-8-15(17)9-11-18(24)22-23-19(25)26-12-4-7-14-5-2-1-3-6-14/h8-11,13-14H,1-7,12H2,(H,22,24)(H,23,25). The lowest BCUT2D eigenvalue weighted by molar-refractivity contribution is -0.117. The first-order valence-electron chi connectivity index (χ1n) is 8.90. The number of hydrazine groups is 1. The second-order valence-corrected chi connectivity index (χ2v) is 6.80. The van der Waals surface area contributed by atoms with Gasteiger partial charge in [0.05, 0.1) is 11.6 Å². The molecule has 2 N–H and O–H groups in total. The first-order valence-corrected chi connectivity index (χ1v) is 9.28. The average molecular weight is 383 g/mol. The average Bonchev–Trinajstić information content (AvgIpc) is 2.63. The molecule has 2 rings (SSSR count). The zero-order chi connectivity index (χ0) is 18.8. The van der Waals surface area contributed by atoms with Crippen LogP contribution in [0.2, 0.25) is 5.02 Å². The molecule has 0 heterocycles. The summed E-state index contributed by atoms with van der Waals surface area (Å²) in [7, 11) is 0. The number of carbonyl (C=O) groups is 2. The molecule has 1 aliphatic carbocycles. The zero-order valence-electron chi connectivity index (χ0n) is 14.6. The van der Waals surface area contributed by atoms with Crippen molar-refractivity contribution in [1.82, 2.24) is 10.9 Å². The van der Waals surface area contributed by atoms with E-state index in [1.807, 2.05) is 0 Å². The maximum Gasteiger partial charge on any atom is 0.426 e. The van der Waals surface area contributed by atoms with Crippen molar-refractivity contribution < 1.29 is 18.7 Å². The summed E-state index contributed by atoms with van der Waals surface area (Å²) >= 11 is 5.85. The highest BCUT2D eigenvalue weighted by Crippen LogP contribution is 2.27. The number of carbonyl (C=O) groups excluding carboxylic acids is 2. The quantitative estimate of drug-likeness (QED) is 0.429. The van der Waals surface area contributed by atoms with Gasteiger partial charge in [-0.25, -0.2) is 14.6 Å². The molecule has 1 aromatic carbocycles. The Bertz CT molecular complexity index is 646. The number of ether oxygens (including phenoxy) is 1. The number of hydrogen-bond donors (Lipinski definition) is 2. The third-order valence-corrected chi connectivity index (χ3v) is 4.71. The number of amides is 2. The fourth-order valence-corrected chi connectivity index (χ4v) is 3.24. The molecule has 1 fully saturated rings. The SMILES string of the molecule is O=C(C=Cc1ccc(F)cc1Cl)NNC(=O)OCCCC1CCCCC1. The summed E-state index contributed by atoms with van der Waals surface area (Å²) in [6.45, 7) is 0.333. The van der Waals surface area contributed by atoms with E-state index in [0.29, 0.717) is 12.2 Å². The van der Waals surface area contributed by atoms with E-state index in [-0.39, 0.29) is 5.02 Å². The van der Waals surface area contributed by atoms with Gasteiger partial charge in [0.15, 0.2) is 0 Å². The van der Waals surface area contributed by atoms with Gasteiger partial charge in [-0.2, -0.15) is 0 Å². The molecule has 0 atom stereocenters. The second kappa shape index (κ2) is 10.8. The molecule has 0 bridgehead atoms. The summed E-state index contributed by atoms with van der Waals surface area (Å²) in [5, 5.41) is 0.194. The summed E-state index contributed by atoms with van der Waals surface area (Å²) in [5.41, 5.74) is 4.88. The van der Waals surface area contributed by atoms with Crippen LogP contribution in [0.15, 0.2) is 24.3 Å². The Hall–Kier alpha value is -2.08. The number of halogens is 2. The molecule has 142 valence electrons. The molecule has 0 aliphatic heterocycles. The van der Waals surface area contributed by atoms with Crippen LogP contribution in [0.3, 0.4) is 0 Å². The number of hydrogen-bond acceptors (Lipinski definition) is 3. The molecular formula is C19H24ClFN2O3. The molecule has 0 saturated heterocycles. The van der Waals surface area contributed by atoms with Gasteiger partial charge in [0.1, 0.15) is 5.82 Å². The lowest BCUT2D eigenvalue weighted by Crippen LogP contribution is -2.41. The largest absolute Gasteiger partial charge is 0.448 e. The molecule has 2 amide bonds. The Labute approximate surface area is 157 Å². The van der Waals surface area contributed by atoms with Crippen molar-refractivity contribution in [2.75, 3.05) is 6.61 Å². The van der Waals surface area contributed by atoms with Gasteiger partial charge < -0.3 is 4.74 Å². The van der Waals surface area contributed by atoms with Gasteiger partial charge in [-0.3, -0.25) is 10.2 Å². The van der Waals surface area contributed by atoms with Crippen LogP contribution < -0.4 is 10.9 Å². The topological polar surface area (TPSA) is 67.4 Å². The van der Waals surface area contributed by atoms with Crippen LogP contribution in [0.25, 0.3) is 6.08 Å². The molecule has 0 spiro atoms. The molecular weight excluding hydrogens is 359 g/mol. The summed E-state index contributed by atoms with van der Waals surface area (Å²) in [5.74, 6) is -0.257. The Morgan fingerprint density at radius 1 is 1.23 bits per heavy atom. The minimum atomic E-state index is -0.699. The molecule has 1 aliphatic rings. The Kier molecular flexibility index (Phi) is 8.41. The van der Waals surface area contributed by atoms with Crippen molar-refractivity contribution in [1.29, 1.82) is 0 Å². The molecule has 1 saturated carbocycles. The van der Waals surface area contributed by atoms with Crippen molar-refractivity contribution in [3.8, 4) is 0 Å². The summed E-state index contributed by atoms with van der Waals surface area (Å²) in [6.07, 6.45) is 10.3. The van der Waals surface area contributed by atoms with E-state index in [4.69, 9.17) is 16.3 Å². The van der Waals surface area contributed by atoms with Crippen LogP contribution in [0.1, 0.15) is 50.5 Å². The zero-order valence-corrected chi connectivity index (χ0v) is 15.4. The van der Waals surface area contributed by atoms with Gasteiger partial charge in [0.25, 0.3) is 5.91 Å². The highest BCUT2D eigenvalue weighted by molar-refractivity contribution is 6.32. The van der Waals surface area contributed by atoms with Crippen LogP contribution in [-0.2, 0) is 9.53 Å². The smallest absolute Gasteiger partial charge is 0.426 e. The predicted molar refractivity (Wildman–Crippen MR) is 98.9 cm³/mol. The number of nitrogens with one attached hydrogen (secondary N) is 2. The molecule has 26 heavy (non-hydrogen) atoms. The van der Waals surface area contributed by atoms with Crippen LogP contribution in [0.5, 0.6) is 0 Å². The van der Waals surface area contributed by atoms with Crippen molar-refractivity contribution >= 4 is 29.7 Å².